The van der Waals surface area contributed by atoms with E-state index in [1.165, 1.54) is 0 Å². The zero-order valence-electron chi connectivity index (χ0n) is 14.6. The molecule has 0 atom stereocenters. The molecule has 1 saturated heterocycles. The number of amides is 1. The van der Waals surface area contributed by atoms with Crippen LogP contribution in [-0.4, -0.2) is 71.9 Å². The maximum absolute atomic E-state index is 12.4. The SMILES string of the molecule is COc1ccccc1NCC(=O)N1CCN(CCn2cccn2)CC1. The van der Waals surface area contributed by atoms with Gasteiger partial charge in [0.1, 0.15) is 5.75 Å². The molecule has 0 bridgehead atoms. The van der Waals surface area contributed by atoms with Crippen LogP contribution in [0.4, 0.5) is 5.69 Å². The number of nitrogens with one attached hydrogen (secondary N) is 1. The number of ether oxygens (including phenoxy) is 1. The van der Waals surface area contributed by atoms with Gasteiger partial charge in [-0.05, 0) is 18.2 Å². The topological polar surface area (TPSA) is 62.6 Å². The Labute approximate surface area is 148 Å². The van der Waals surface area contributed by atoms with E-state index in [9.17, 15) is 4.79 Å². The van der Waals surface area contributed by atoms with E-state index in [0.29, 0.717) is 0 Å². The van der Waals surface area contributed by atoms with E-state index in [0.717, 1.165) is 50.7 Å². The largest absolute Gasteiger partial charge is 0.495 e. The molecule has 0 aliphatic carbocycles. The number of piperazine rings is 1. The Hall–Kier alpha value is -2.54. The maximum atomic E-state index is 12.4. The highest BCUT2D eigenvalue weighted by Crippen LogP contribution is 2.22. The van der Waals surface area contributed by atoms with Crippen molar-refractivity contribution in [3.63, 3.8) is 0 Å². The number of benzene rings is 1. The van der Waals surface area contributed by atoms with E-state index in [4.69, 9.17) is 4.74 Å². The van der Waals surface area contributed by atoms with Gasteiger partial charge in [0.05, 0.1) is 25.9 Å². The molecule has 25 heavy (non-hydrogen) atoms. The van der Waals surface area contributed by atoms with Gasteiger partial charge in [-0.3, -0.25) is 14.4 Å². The zero-order chi connectivity index (χ0) is 17.5. The van der Waals surface area contributed by atoms with Gasteiger partial charge in [-0.1, -0.05) is 12.1 Å². The van der Waals surface area contributed by atoms with Crippen molar-refractivity contribution in [3.8, 4) is 5.75 Å². The van der Waals surface area contributed by atoms with Crippen molar-refractivity contribution in [1.82, 2.24) is 19.6 Å². The van der Waals surface area contributed by atoms with Gasteiger partial charge >= 0.3 is 0 Å². The Balaban J connectivity index is 1.40. The predicted octanol–water partition coefficient (Wildman–Crippen LogP) is 1.15. The van der Waals surface area contributed by atoms with Crippen molar-refractivity contribution in [3.05, 3.63) is 42.7 Å². The van der Waals surface area contributed by atoms with E-state index in [1.807, 2.05) is 46.1 Å². The first-order valence-electron chi connectivity index (χ1n) is 8.60. The summed E-state index contributed by atoms with van der Waals surface area (Å²) in [5, 5.41) is 7.39. The molecule has 7 heteroatoms. The lowest BCUT2D eigenvalue weighted by atomic mass is 10.2. The minimum Gasteiger partial charge on any atom is -0.495 e. The maximum Gasteiger partial charge on any atom is 0.241 e. The second-order valence-electron chi connectivity index (χ2n) is 6.05. The monoisotopic (exact) mass is 343 g/mol. The van der Waals surface area contributed by atoms with Crippen LogP contribution < -0.4 is 10.1 Å². The molecule has 134 valence electrons. The highest BCUT2D eigenvalue weighted by atomic mass is 16.5. The molecule has 1 amide bonds. The van der Waals surface area contributed by atoms with Crippen molar-refractivity contribution in [1.29, 1.82) is 0 Å². The van der Waals surface area contributed by atoms with Crippen LogP contribution in [0, 0.1) is 0 Å². The molecule has 0 radical (unpaired) electrons. The number of aromatic nitrogens is 2. The lowest BCUT2D eigenvalue weighted by Gasteiger charge is -2.34. The summed E-state index contributed by atoms with van der Waals surface area (Å²) in [6.07, 6.45) is 3.77. The van der Waals surface area contributed by atoms with Gasteiger partial charge in [0.15, 0.2) is 0 Å². The number of anilines is 1. The van der Waals surface area contributed by atoms with Crippen LogP contribution in [0.15, 0.2) is 42.7 Å². The zero-order valence-corrected chi connectivity index (χ0v) is 14.6. The molecule has 0 spiro atoms. The Kier molecular flexibility index (Phi) is 5.90. The highest BCUT2D eigenvalue weighted by molar-refractivity contribution is 5.81. The number of hydrogen-bond donors (Lipinski definition) is 1. The van der Waals surface area contributed by atoms with Crippen LogP contribution in [0.5, 0.6) is 5.75 Å². The summed E-state index contributed by atoms with van der Waals surface area (Å²) in [6, 6.07) is 9.57. The van der Waals surface area contributed by atoms with Crippen LogP contribution in [-0.2, 0) is 11.3 Å². The lowest BCUT2D eigenvalue weighted by Crippen LogP contribution is -2.50. The smallest absolute Gasteiger partial charge is 0.241 e. The third kappa shape index (κ3) is 4.73. The minimum absolute atomic E-state index is 0.123. The summed E-state index contributed by atoms with van der Waals surface area (Å²) >= 11 is 0. The minimum atomic E-state index is 0.123. The van der Waals surface area contributed by atoms with Gasteiger partial charge < -0.3 is 15.0 Å². The standard InChI is InChI=1S/C18H25N5O2/c1-25-17-6-3-2-5-16(17)19-15-18(24)22-12-9-21(10-13-22)11-14-23-8-4-7-20-23/h2-8,19H,9-15H2,1H3. The molecule has 2 heterocycles. The first-order chi connectivity index (χ1) is 12.3. The number of carbonyl (C=O) groups excluding carboxylic acids is 1. The Bertz CT molecular complexity index is 666. The van der Waals surface area contributed by atoms with E-state index in [2.05, 4.69) is 15.3 Å². The van der Waals surface area contributed by atoms with Crippen molar-refractivity contribution in [2.45, 2.75) is 6.54 Å². The van der Waals surface area contributed by atoms with Crippen molar-refractivity contribution < 1.29 is 9.53 Å². The molecular weight excluding hydrogens is 318 g/mol. The van der Waals surface area contributed by atoms with E-state index in [1.54, 1.807) is 13.3 Å². The number of para-hydroxylation sites is 2. The van der Waals surface area contributed by atoms with Crippen LogP contribution in [0.2, 0.25) is 0 Å². The second kappa shape index (κ2) is 8.53. The van der Waals surface area contributed by atoms with E-state index >= 15 is 0 Å². The van der Waals surface area contributed by atoms with Crippen molar-refractivity contribution in [2.24, 2.45) is 0 Å². The van der Waals surface area contributed by atoms with Gasteiger partial charge in [-0.2, -0.15) is 5.10 Å². The molecule has 2 aromatic rings. The first-order valence-corrected chi connectivity index (χ1v) is 8.60. The van der Waals surface area contributed by atoms with Gasteiger partial charge in [0.25, 0.3) is 0 Å². The number of rotatable bonds is 7. The Morgan fingerprint density at radius 3 is 2.68 bits per heavy atom. The summed E-state index contributed by atoms with van der Waals surface area (Å²) in [6.45, 7) is 5.48. The summed E-state index contributed by atoms with van der Waals surface area (Å²) in [4.78, 5) is 16.7. The Morgan fingerprint density at radius 2 is 1.96 bits per heavy atom. The average molecular weight is 343 g/mol. The van der Waals surface area contributed by atoms with E-state index in [-0.39, 0.29) is 12.5 Å². The fourth-order valence-electron chi connectivity index (χ4n) is 2.97. The third-order valence-corrected chi connectivity index (χ3v) is 4.47. The number of carbonyl (C=O) groups is 1. The Morgan fingerprint density at radius 1 is 1.16 bits per heavy atom. The average Bonchev–Trinajstić information content (AvgIpc) is 3.18. The number of hydrogen-bond acceptors (Lipinski definition) is 5. The molecular formula is C18H25N5O2. The van der Waals surface area contributed by atoms with Gasteiger partial charge in [-0.15, -0.1) is 0 Å². The molecule has 1 aliphatic rings. The predicted molar refractivity (Wildman–Crippen MR) is 96.7 cm³/mol. The first kappa shape index (κ1) is 17.3. The summed E-state index contributed by atoms with van der Waals surface area (Å²) in [7, 11) is 1.63. The summed E-state index contributed by atoms with van der Waals surface area (Å²) in [5.41, 5.74) is 0.844. The normalized spacial score (nSPS) is 15.2. The molecule has 0 saturated carbocycles. The molecule has 1 N–H and O–H groups in total. The van der Waals surface area contributed by atoms with Crippen molar-refractivity contribution >= 4 is 11.6 Å². The number of nitrogens with zero attached hydrogens (tertiary/aromatic N) is 4. The van der Waals surface area contributed by atoms with Gasteiger partial charge in [0, 0.05) is 45.1 Å². The van der Waals surface area contributed by atoms with Crippen LogP contribution in [0.3, 0.4) is 0 Å². The van der Waals surface area contributed by atoms with Gasteiger partial charge in [0.2, 0.25) is 5.91 Å². The lowest BCUT2D eigenvalue weighted by molar-refractivity contribution is -0.131. The van der Waals surface area contributed by atoms with Crippen LogP contribution >= 0.6 is 0 Å². The summed E-state index contributed by atoms with van der Waals surface area (Å²) in [5.74, 6) is 0.872. The van der Waals surface area contributed by atoms with Crippen molar-refractivity contribution in [2.75, 3.05) is 51.7 Å². The number of methoxy groups -OCH3 is 1. The fourth-order valence-corrected chi connectivity index (χ4v) is 2.97. The van der Waals surface area contributed by atoms with Gasteiger partial charge in [-0.25, -0.2) is 0 Å². The van der Waals surface area contributed by atoms with E-state index < -0.39 is 0 Å². The molecule has 1 aromatic heterocycles. The van der Waals surface area contributed by atoms with Crippen LogP contribution in [0.1, 0.15) is 0 Å². The molecule has 0 unspecified atom stereocenters. The quantitative estimate of drug-likeness (QED) is 0.817. The summed E-state index contributed by atoms with van der Waals surface area (Å²) < 4.78 is 7.23. The third-order valence-electron chi connectivity index (χ3n) is 4.47. The molecule has 1 aliphatic heterocycles. The van der Waals surface area contributed by atoms with Crippen LogP contribution in [0.25, 0.3) is 0 Å². The fraction of sp³-hybridized carbons (Fsp3) is 0.444. The molecule has 1 aromatic carbocycles. The molecule has 7 nitrogen and oxygen atoms in total. The molecule has 3 rings (SSSR count). The second-order valence-corrected chi connectivity index (χ2v) is 6.05. The highest BCUT2D eigenvalue weighted by Gasteiger charge is 2.20. The molecule has 1 fully saturated rings.